The number of hydrogen-bond acceptors (Lipinski definition) is 2. The van der Waals surface area contributed by atoms with E-state index in [4.69, 9.17) is 22.1 Å². The lowest BCUT2D eigenvalue weighted by atomic mass is 10.1. The maximum Gasteiger partial charge on any atom is 0.142 e. The summed E-state index contributed by atoms with van der Waals surface area (Å²) in [5, 5.41) is 0.638. The van der Waals surface area contributed by atoms with Crippen LogP contribution in [-0.2, 0) is 0 Å². The van der Waals surface area contributed by atoms with E-state index in [1.165, 1.54) is 0 Å². The number of nitrogens with two attached hydrogens (primary N) is 1. The normalized spacial score (nSPS) is 10.6. The van der Waals surface area contributed by atoms with E-state index < -0.39 is 0 Å². The molecule has 3 heteroatoms. The number of halogens is 1. The zero-order valence-corrected chi connectivity index (χ0v) is 9.34. The minimum atomic E-state index is 0.598. The van der Waals surface area contributed by atoms with E-state index in [0.717, 1.165) is 12.2 Å². The molecule has 0 aliphatic carbocycles. The number of nitrogen functional groups attached to an aromatic ring is 1. The van der Waals surface area contributed by atoms with E-state index in [0.29, 0.717) is 23.2 Å². The summed E-state index contributed by atoms with van der Waals surface area (Å²) in [5.74, 6) is 1.36. The summed E-state index contributed by atoms with van der Waals surface area (Å²) >= 11 is 5.77. The van der Waals surface area contributed by atoms with E-state index in [9.17, 15) is 0 Å². The quantitative estimate of drug-likeness (QED) is 0.779. The first kappa shape index (κ1) is 11.2. The van der Waals surface area contributed by atoms with Gasteiger partial charge in [0.05, 0.1) is 12.3 Å². The van der Waals surface area contributed by atoms with Crippen molar-refractivity contribution >= 4 is 17.3 Å². The molecule has 0 atom stereocenters. The molecule has 14 heavy (non-hydrogen) atoms. The molecule has 0 amide bonds. The first-order valence-corrected chi connectivity index (χ1v) is 5.15. The van der Waals surface area contributed by atoms with E-state index in [-0.39, 0.29) is 0 Å². The first-order chi connectivity index (χ1) is 6.59. The van der Waals surface area contributed by atoms with Gasteiger partial charge in [0.25, 0.3) is 0 Å². The molecule has 0 aliphatic rings. The van der Waals surface area contributed by atoms with Crippen LogP contribution in [0.15, 0.2) is 18.2 Å². The SMILES string of the molecule is CC(C)CCOc1ccc(Cl)cc1N. The second-order valence-electron chi connectivity index (χ2n) is 3.71. The number of ether oxygens (including phenoxy) is 1. The summed E-state index contributed by atoms with van der Waals surface area (Å²) in [6, 6.07) is 5.28. The second kappa shape index (κ2) is 5.11. The van der Waals surface area contributed by atoms with Gasteiger partial charge in [-0.1, -0.05) is 25.4 Å². The average Bonchev–Trinajstić information content (AvgIpc) is 2.08. The van der Waals surface area contributed by atoms with Crippen molar-refractivity contribution < 1.29 is 4.74 Å². The molecule has 0 saturated heterocycles. The monoisotopic (exact) mass is 213 g/mol. The minimum absolute atomic E-state index is 0.598. The topological polar surface area (TPSA) is 35.2 Å². The van der Waals surface area contributed by atoms with E-state index in [1.807, 2.05) is 0 Å². The predicted octanol–water partition coefficient (Wildman–Crippen LogP) is 3.35. The molecule has 2 nitrogen and oxygen atoms in total. The maximum atomic E-state index is 5.77. The Balaban J connectivity index is 2.51. The van der Waals surface area contributed by atoms with Gasteiger partial charge in [-0.05, 0) is 30.5 Å². The van der Waals surface area contributed by atoms with Crippen molar-refractivity contribution in [3.8, 4) is 5.75 Å². The third kappa shape index (κ3) is 3.46. The Morgan fingerprint density at radius 1 is 1.43 bits per heavy atom. The van der Waals surface area contributed by atoms with Crippen molar-refractivity contribution in [1.82, 2.24) is 0 Å². The van der Waals surface area contributed by atoms with Crippen LogP contribution in [0.3, 0.4) is 0 Å². The third-order valence-electron chi connectivity index (χ3n) is 1.92. The van der Waals surface area contributed by atoms with Crippen molar-refractivity contribution in [1.29, 1.82) is 0 Å². The maximum absolute atomic E-state index is 5.77. The largest absolute Gasteiger partial charge is 0.491 e. The van der Waals surface area contributed by atoms with Crippen LogP contribution in [0.25, 0.3) is 0 Å². The van der Waals surface area contributed by atoms with Crippen LogP contribution in [-0.4, -0.2) is 6.61 Å². The molecule has 1 rings (SSSR count). The Morgan fingerprint density at radius 2 is 2.14 bits per heavy atom. The highest BCUT2D eigenvalue weighted by Gasteiger charge is 2.01. The van der Waals surface area contributed by atoms with Crippen LogP contribution in [0.5, 0.6) is 5.75 Å². The third-order valence-corrected chi connectivity index (χ3v) is 2.16. The van der Waals surface area contributed by atoms with Crippen molar-refractivity contribution in [3.05, 3.63) is 23.2 Å². The fraction of sp³-hybridized carbons (Fsp3) is 0.455. The Hall–Kier alpha value is -0.890. The summed E-state index contributed by atoms with van der Waals surface area (Å²) in [7, 11) is 0. The van der Waals surface area contributed by atoms with Crippen LogP contribution in [0.4, 0.5) is 5.69 Å². The second-order valence-corrected chi connectivity index (χ2v) is 4.15. The fourth-order valence-corrected chi connectivity index (χ4v) is 1.24. The summed E-state index contributed by atoms with van der Waals surface area (Å²) in [4.78, 5) is 0. The Bertz CT molecular complexity index is 299. The highest BCUT2D eigenvalue weighted by molar-refractivity contribution is 6.30. The molecule has 0 radical (unpaired) electrons. The van der Waals surface area contributed by atoms with Crippen molar-refractivity contribution in [3.63, 3.8) is 0 Å². The summed E-state index contributed by atoms with van der Waals surface area (Å²) in [5.41, 5.74) is 6.33. The molecule has 1 aromatic carbocycles. The van der Waals surface area contributed by atoms with Gasteiger partial charge >= 0.3 is 0 Å². The molecular weight excluding hydrogens is 198 g/mol. The van der Waals surface area contributed by atoms with Gasteiger partial charge in [0.2, 0.25) is 0 Å². The molecule has 78 valence electrons. The number of benzene rings is 1. The molecule has 0 saturated carbocycles. The lowest BCUT2D eigenvalue weighted by Gasteiger charge is -2.10. The van der Waals surface area contributed by atoms with Gasteiger partial charge in [-0.2, -0.15) is 0 Å². The molecule has 0 fully saturated rings. The van der Waals surface area contributed by atoms with Gasteiger partial charge in [0, 0.05) is 5.02 Å². The standard InChI is InChI=1S/C11H16ClNO/c1-8(2)5-6-14-11-4-3-9(12)7-10(11)13/h3-4,7-8H,5-6,13H2,1-2H3. The van der Waals surface area contributed by atoms with Crippen LogP contribution in [0.1, 0.15) is 20.3 Å². The molecule has 0 aliphatic heterocycles. The minimum Gasteiger partial charge on any atom is -0.491 e. The van der Waals surface area contributed by atoms with E-state index in [1.54, 1.807) is 18.2 Å². The average molecular weight is 214 g/mol. The highest BCUT2D eigenvalue weighted by Crippen LogP contribution is 2.25. The smallest absolute Gasteiger partial charge is 0.142 e. The van der Waals surface area contributed by atoms with Gasteiger partial charge in [-0.25, -0.2) is 0 Å². The van der Waals surface area contributed by atoms with Gasteiger partial charge in [0.15, 0.2) is 0 Å². The molecule has 0 heterocycles. The number of hydrogen-bond donors (Lipinski definition) is 1. The lowest BCUT2D eigenvalue weighted by Crippen LogP contribution is -2.03. The van der Waals surface area contributed by atoms with Crippen LogP contribution >= 0.6 is 11.6 Å². The predicted molar refractivity (Wildman–Crippen MR) is 60.8 cm³/mol. The summed E-state index contributed by atoms with van der Waals surface area (Å²) in [6.45, 7) is 5.02. The molecule has 0 unspecified atom stereocenters. The lowest BCUT2D eigenvalue weighted by molar-refractivity contribution is 0.291. The molecule has 0 spiro atoms. The number of anilines is 1. The first-order valence-electron chi connectivity index (χ1n) is 4.77. The Labute approximate surface area is 90.0 Å². The molecule has 0 bridgehead atoms. The molecule has 1 aromatic rings. The van der Waals surface area contributed by atoms with Gasteiger partial charge in [0.1, 0.15) is 5.75 Å². The van der Waals surface area contributed by atoms with Crippen molar-refractivity contribution in [2.45, 2.75) is 20.3 Å². The van der Waals surface area contributed by atoms with Gasteiger partial charge in [-0.15, -0.1) is 0 Å². The van der Waals surface area contributed by atoms with E-state index in [2.05, 4.69) is 13.8 Å². The highest BCUT2D eigenvalue weighted by atomic mass is 35.5. The van der Waals surface area contributed by atoms with Gasteiger partial charge in [-0.3, -0.25) is 0 Å². The number of rotatable bonds is 4. The van der Waals surface area contributed by atoms with Crippen LogP contribution < -0.4 is 10.5 Å². The molecular formula is C11H16ClNO. The Morgan fingerprint density at radius 3 is 2.71 bits per heavy atom. The van der Waals surface area contributed by atoms with Crippen LogP contribution in [0.2, 0.25) is 5.02 Å². The summed E-state index contributed by atoms with van der Waals surface area (Å²) in [6.07, 6.45) is 1.03. The van der Waals surface area contributed by atoms with Crippen molar-refractivity contribution in [2.24, 2.45) is 5.92 Å². The van der Waals surface area contributed by atoms with Gasteiger partial charge < -0.3 is 10.5 Å². The molecule has 2 N–H and O–H groups in total. The summed E-state index contributed by atoms with van der Waals surface area (Å²) < 4.78 is 5.52. The van der Waals surface area contributed by atoms with E-state index >= 15 is 0 Å². The Kier molecular flexibility index (Phi) is 4.08. The zero-order valence-electron chi connectivity index (χ0n) is 8.59. The van der Waals surface area contributed by atoms with Crippen LogP contribution in [0, 0.1) is 5.92 Å². The zero-order chi connectivity index (χ0) is 10.6. The van der Waals surface area contributed by atoms with Crippen molar-refractivity contribution in [2.75, 3.05) is 12.3 Å². The fourth-order valence-electron chi connectivity index (χ4n) is 1.06. The molecule has 0 aromatic heterocycles.